The minimum Gasteiger partial charge on any atom is -0.477 e. The Kier molecular flexibility index (Phi) is 7.22. The van der Waals surface area contributed by atoms with Crippen LogP contribution in [0, 0.1) is 6.92 Å². The molecule has 0 saturated heterocycles. The van der Waals surface area contributed by atoms with Gasteiger partial charge in [0.1, 0.15) is 0 Å². The van der Waals surface area contributed by atoms with Crippen LogP contribution < -0.4 is 19.8 Å². The third-order valence-electron chi connectivity index (χ3n) is 9.13. The highest BCUT2D eigenvalue weighted by molar-refractivity contribution is 8.21. The van der Waals surface area contributed by atoms with Crippen molar-refractivity contribution in [3.8, 4) is 11.6 Å². The largest absolute Gasteiger partial charge is 0.477 e. The molecular weight excluding hydrogens is 567 g/mol. The number of hydrogen-bond donors (Lipinski definition) is 0. The lowest BCUT2D eigenvalue weighted by Crippen LogP contribution is -2.25. The van der Waals surface area contributed by atoms with Gasteiger partial charge in [-0.2, -0.15) is 5.10 Å². The summed E-state index contributed by atoms with van der Waals surface area (Å²) in [6.07, 6.45) is 0. The number of benzene rings is 3. The molecule has 0 N–H and O–H groups in total. The molecule has 0 saturated carbocycles. The SMILES string of the molecule is CCOc1c(P(=S)(C=C2N(C)c3ccccc3C2(C)C)C=C2N(C)c3ccccc3C2(C)C)c(C)nn1-c1ccccc1. The van der Waals surface area contributed by atoms with Crippen molar-refractivity contribution in [3.63, 3.8) is 0 Å². The minimum absolute atomic E-state index is 0.219. The van der Waals surface area contributed by atoms with Crippen molar-refractivity contribution in [3.05, 3.63) is 119 Å². The predicted octanol–water partition coefficient (Wildman–Crippen LogP) is 8.22. The van der Waals surface area contributed by atoms with E-state index in [1.165, 1.54) is 33.9 Å². The summed E-state index contributed by atoms with van der Waals surface area (Å²) in [4.78, 5) is 4.65. The van der Waals surface area contributed by atoms with E-state index in [-0.39, 0.29) is 10.8 Å². The molecule has 2 aliphatic heterocycles. The molecule has 0 fully saturated rings. The van der Waals surface area contributed by atoms with Crippen LogP contribution in [0.15, 0.2) is 102 Å². The summed E-state index contributed by atoms with van der Waals surface area (Å²) in [5.41, 5.74) is 8.90. The number of aromatic nitrogens is 2. The van der Waals surface area contributed by atoms with E-state index in [1.54, 1.807) is 0 Å². The molecule has 0 aliphatic carbocycles. The molecular formula is C36H41N4OPS. The Morgan fingerprint density at radius 3 is 1.70 bits per heavy atom. The van der Waals surface area contributed by atoms with Crippen molar-refractivity contribution in [1.29, 1.82) is 0 Å². The third-order valence-corrected chi connectivity index (χ3v) is 12.8. The van der Waals surface area contributed by atoms with E-state index in [2.05, 4.69) is 131 Å². The molecule has 0 atom stereocenters. The molecule has 3 aromatic carbocycles. The standard InChI is InChI=1S/C36H41N4OPS/c1-9-41-34-33(25(2)37-40(34)26-17-11-10-12-18-26)42(43,23-31-35(3,4)27-19-13-15-21-29(27)38(31)7)24-32-36(5,6)28-20-14-16-22-30(28)39(32)8/h10-24H,9H2,1-8H3. The number of anilines is 2. The first-order chi connectivity index (χ1) is 20.4. The Balaban J connectivity index is 1.65. The zero-order chi connectivity index (χ0) is 30.7. The first kappa shape index (κ1) is 29.5. The van der Waals surface area contributed by atoms with Gasteiger partial charge in [0.05, 0.1) is 23.3 Å². The Hall–Kier alpha value is -3.60. The van der Waals surface area contributed by atoms with Gasteiger partial charge in [0.25, 0.3) is 0 Å². The number of allylic oxidation sites excluding steroid dienone is 2. The number of rotatable bonds is 6. The van der Waals surface area contributed by atoms with Crippen molar-refractivity contribution in [1.82, 2.24) is 9.78 Å². The van der Waals surface area contributed by atoms with E-state index in [4.69, 9.17) is 21.6 Å². The van der Waals surface area contributed by atoms with Crippen LogP contribution in [-0.2, 0) is 22.6 Å². The van der Waals surface area contributed by atoms with Crippen LogP contribution in [0.2, 0.25) is 0 Å². The molecule has 222 valence electrons. The van der Waals surface area contributed by atoms with E-state index >= 15 is 0 Å². The summed E-state index contributed by atoms with van der Waals surface area (Å²) in [6, 6.07) is 24.9. The third kappa shape index (κ3) is 4.58. The van der Waals surface area contributed by atoms with Gasteiger partial charge in [0.2, 0.25) is 5.88 Å². The molecule has 0 amide bonds. The van der Waals surface area contributed by atoms with Gasteiger partial charge in [-0.3, -0.25) is 0 Å². The van der Waals surface area contributed by atoms with Crippen LogP contribution in [0.1, 0.15) is 51.4 Å². The summed E-state index contributed by atoms with van der Waals surface area (Å²) in [5.74, 6) is 5.52. The van der Waals surface area contributed by atoms with Gasteiger partial charge in [0.15, 0.2) is 0 Å². The highest BCUT2D eigenvalue weighted by Gasteiger charge is 2.43. The van der Waals surface area contributed by atoms with Crippen LogP contribution in [0.4, 0.5) is 11.4 Å². The lowest BCUT2D eigenvalue weighted by Gasteiger charge is -2.30. The zero-order valence-corrected chi connectivity index (χ0v) is 28.1. The average Bonchev–Trinajstić information content (AvgIpc) is 3.50. The van der Waals surface area contributed by atoms with Crippen molar-refractivity contribution in [2.75, 3.05) is 30.5 Å². The maximum Gasteiger partial charge on any atom is 0.226 e. The number of aryl methyl sites for hydroxylation is 1. The van der Waals surface area contributed by atoms with E-state index in [0.717, 1.165) is 22.6 Å². The molecule has 2 aliphatic rings. The number of fused-ring (bicyclic) bond motifs is 2. The first-order valence-corrected chi connectivity index (χ1v) is 17.9. The van der Waals surface area contributed by atoms with Crippen LogP contribution >= 0.6 is 6.04 Å². The first-order valence-electron chi connectivity index (χ1n) is 14.9. The van der Waals surface area contributed by atoms with Crippen molar-refractivity contribution in [2.24, 2.45) is 0 Å². The van der Waals surface area contributed by atoms with Crippen molar-refractivity contribution in [2.45, 2.75) is 52.4 Å². The van der Waals surface area contributed by atoms with Gasteiger partial charge in [-0.25, -0.2) is 4.68 Å². The highest BCUT2D eigenvalue weighted by atomic mass is 32.4. The summed E-state index contributed by atoms with van der Waals surface area (Å²) >= 11 is 7.00. The smallest absolute Gasteiger partial charge is 0.226 e. The molecule has 1 aromatic heterocycles. The van der Waals surface area contributed by atoms with Crippen LogP contribution in [0.3, 0.4) is 0 Å². The van der Waals surface area contributed by atoms with Crippen LogP contribution in [-0.4, -0.2) is 30.5 Å². The van der Waals surface area contributed by atoms with Crippen LogP contribution in [0.5, 0.6) is 5.88 Å². The van der Waals surface area contributed by atoms with Gasteiger partial charge < -0.3 is 14.5 Å². The molecule has 5 nitrogen and oxygen atoms in total. The number of likely N-dealkylation sites (N-methyl/N-ethyl adjacent to an activating group) is 2. The Labute approximate surface area is 261 Å². The van der Waals surface area contributed by atoms with Gasteiger partial charge in [-0.05, 0) is 60.9 Å². The average molecular weight is 609 g/mol. The van der Waals surface area contributed by atoms with Crippen molar-refractivity contribution >= 4 is 34.5 Å². The molecule has 43 heavy (non-hydrogen) atoms. The van der Waals surface area contributed by atoms with Gasteiger partial charge >= 0.3 is 0 Å². The molecule has 0 bridgehead atoms. The molecule has 7 heteroatoms. The summed E-state index contributed by atoms with van der Waals surface area (Å²) < 4.78 is 8.41. The van der Waals surface area contributed by atoms with Crippen LogP contribution in [0.25, 0.3) is 5.69 Å². The van der Waals surface area contributed by atoms with Gasteiger partial charge in [-0.1, -0.05) is 94.1 Å². The minimum atomic E-state index is -2.65. The second-order valence-corrected chi connectivity index (χ2v) is 16.8. The lowest BCUT2D eigenvalue weighted by molar-refractivity contribution is 0.319. The maximum absolute atomic E-state index is 7.00. The van der Waals surface area contributed by atoms with E-state index in [1.807, 2.05) is 29.8 Å². The molecule has 4 aromatic rings. The fourth-order valence-electron chi connectivity index (χ4n) is 6.90. The highest BCUT2D eigenvalue weighted by Crippen LogP contribution is 2.60. The normalized spacial score (nSPS) is 19.9. The second kappa shape index (κ2) is 10.5. The quantitative estimate of drug-likeness (QED) is 0.206. The number of para-hydroxylation sites is 3. The molecule has 0 unspecified atom stereocenters. The topological polar surface area (TPSA) is 33.5 Å². The molecule has 6 rings (SSSR count). The number of nitrogens with zero attached hydrogens (tertiary/aromatic N) is 4. The fourth-order valence-corrected chi connectivity index (χ4v) is 11.2. The number of ether oxygens (including phenoxy) is 1. The number of hydrogen-bond acceptors (Lipinski definition) is 5. The lowest BCUT2D eigenvalue weighted by atomic mass is 9.84. The summed E-state index contributed by atoms with van der Waals surface area (Å²) in [5, 5.41) is 6.08. The van der Waals surface area contributed by atoms with Gasteiger partial charge in [-0.15, -0.1) is 0 Å². The Morgan fingerprint density at radius 2 is 1.23 bits per heavy atom. The second-order valence-electron chi connectivity index (χ2n) is 12.6. The fraction of sp³-hybridized carbons (Fsp3) is 0.306. The monoisotopic (exact) mass is 608 g/mol. The van der Waals surface area contributed by atoms with Crippen molar-refractivity contribution < 1.29 is 4.74 Å². The predicted molar refractivity (Wildman–Crippen MR) is 185 cm³/mol. The van der Waals surface area contributed by atoms with E-state index < -0.39 is 6.04 Å². The maximum atomic E-state index is 7.00. The summed E-state index contributed by atoms with van der Waals surface area (Å²) in [7, 11) is 4.33. The van der Waals surface area contributed by atoms with E-state index in [0.29, 0.717) is 6.61 Å². The molecule has 3 heterocycles. The van der Waals surface area contributed by atoms with Gasteiger partial charge in [0, 0.05) is 53.7 Å². The Bertz CT molecular complexity index is 1730. The summed E-state index contributed by atoms with van der Waals surface area (Å²) in [6.45, 7) is 13.8. The zero-order valence-electron chi connectivity index (χ0n) is 26.4. The van der Waals surface area contributed by atoms with E-state index in [9.17, 15) is 0 Å². The Morgan fingerprint density at radius 1 is 0.767 bits per heavy atom. The molecule has 0 spiro atoms. The molecule has 0 radical (unpaired) electrons.